The van der Waals surface area contributed by atoms with Gasteiger partial charge in [0.05, 0.1) is 0 Å². The van der Waals surface area contributed by atoms with E-state index in [1.165, 1.54) is 6.92 Å². The minimum Gasteiger partial charge on any atom is -0.326 e. The van der Waals surface area contributed by atoms with Crippen LogP contribution in [0.1, 0.15) is 18.9 Å². The van der Waals surface area contributed by atoms with E-state index in [9.17, 15) is 9.59 Å². The van der Waals surface area contributed by atoms with Crippen LogP contribution in [-0.2, 0) is 9.59 Å². The van der Waals surface area contributed by atoms with Crippen molar-refractivity contribution in [1.29, 1.82) is 0 Å². The molecule has 1 N–H and O–H groups in total. The van der Waals surface area contributed by atoms with E-state index in [-0.39, 0.29) is 18.2 Å². The highest BCUT2D eigenvalue weighted by molar-refractivity contribution is 6.30. The number of nitrogens with zero attached hydrogens (tertiary/aromatic N) is 1. The summed E-state index contributed by atoms with van der Waals surface area (Å²) in [5, 5.41) is 3.47. The Morgan fingerprint density at radius 3 is 2.35 bits per heavy atom. The molecular formula is C18H19ClN2O2. The van der Waals surface area contributed by atoms with Crippen molar-refractivity contribution in [2.24, 2.45) is 0 Å². The van der Waals surface area contributed by atoms with Gasteiger partial charge < -0.3 is 10.2 Å². The van der Waals surface area contributed by atoms with Gasteiger partial charge in [0.2, 0.25) is 11.8 Å². The van der Waals surface area contributed by atoms with Crippen molar-refractivity contribution in [2.45, 2.75) is 20.3 Å². The second-order valence-electron chi connectivity index (χ2n) is 5.26. The van der Waals surface area contributed by atoms with Gasteiger partial charge in [0.25, 0.3) is 0 Å². The normalized spacial score (nSPS) is 10.2. The van der Waals surface area contributed by atoms with Gasteiger partial charge in [0.15, 0.2) is 0 Å². The average molecular weight is 331 g/mol. The van der Waals surface area contributed by atoms with Crippen molar-refractivity contribution in [3.8, 4) is 0 Å². The van der Waals surface area contributed by atoms with Gasteiger partial charge >= 0.3 is 0 Å². The molecule has 0 saturated heterocycles. The number of benzene rings is 2. The fourth-order valence-corrected chi connectivity index (χ4v) is 2.35. The molecule has 0 atom stereocenters. The molecule has 0 aliphatic heterocycles. The maximum atomic E-state index is 12.1. The largest absolute Gasteiger partial charge is 0.326 e. The second kappa shape index (κ2) is 7.79. The Kier molecular flexibility index (Phi) is 5.77. The Balaban J connectivity index is 1.99. The monoisotopic (exact) mass is 330 g/mol. The summed E-state index contributed by atoms with van der Waals surface area (Å²) < 4.78 is 0. The number of anilines is 2. The van der Waals surface area contributed by atoms with E-state index in [0.717, 1.165) is 16.9 Å². The van der Waals surface area contributed by atoms with Gasteiger partial charge in [0.1, 0.15) is 0 Å². The van der Waals surface area contributed by atoms with E-state index in [4.69, 9.17) is 11.6 Å². The number of hydrogen-bond acceptors (Lipinski definition) is 2. The molecule has 0 aromatic heterocycles. The van der Waals surface area contributed by atoms with Crippen LogP contribution in [0.25, 0.3) is 0 Å². The Bertz CT molecular complexity index is 698. The number of halogens is 1. The minimum atomic E-state index is -0.125. The van der Waals surface area contributed by atoms with Crippen molar-refractivity contribution < 1.29 is 9.59 Å². The molecule has 0 bridgehead atoms. The van der Waals surface area contributed by atoms with E-state index in [1.54, 1.807) is 29.2 Å². The quantitative estimate of drug-likeness (QED) is 0.899. The molecule has 0 saturated carbocycles. The summed E-state index contributed by atoms with van der Waals surface area (Å²) >= 11 is 5.86. The lowest BCUT2D eigenvalue weighted by molar-refractivity contribution is -0.117. The number of nitrogens with one attached hydrogen (secondary N) is 1. The smallest absolute Gasteiger partial charge is 0.226 e. The third-order valence-electron chi connectivity index (χ3n) is 3.50. The van der Waals surface area contributed by atoms with Crippen LogP contribution in [0.5, 0.6) is 0 Å². The van der Waals surface area contributed by atoms with Crippen molar-refractivity contribution in [2.75, 3.05) is 16.8 Å². The zero-order valence-corrected chi connectivity index (χ0v) is 13.9. The number of rotatable bonds is 5. The van der Waals surface area contributed by atoms with Crippen molar-refractivity contribution >= 4 is 34.8 Å². The van der Waals surface area contributed by atoms with Crippen molar-refractivity contribution in [3.05, 3.63) is 59.1 Å². The van der Waals surface area contributed by atoms with E-state index in [2.05, 4.69) is 5.32 Å². The fraction of sp³-hybridized carbons (Fsp3) is 0.222. The SMILES string of the molecule is CC(=O)N(CCC(=O)Nc1ccccc1C)c1ccc(Cl)cc1. The fourth-order valence-electron chi connectivity index (χ4n) is 2.23. The molecule has 23 heavy (non-hydrogen) atoms. The van der Waals surface area contributed by atoms with E-state index < -0.39 is 0 Å². The second-order valence-corrected chi connectivity index (χ2v) is 5.70. The first-order chi connectivity index (χ1) is 11.0. The molecule has 2 rings (SSSR count). The summed E-state index contributed by atoms with van der Waals surface area (Å²) in [5.74, 6) is -0.240. The number of para-hydroxylation sites is 1. The predicted molar refractivity (Wildman–Crippen MR) is 93.9 cm³/mol. The molecule has 2 aromatic rings. The zero-order chi connectivity index (χ0) is 16.8. The molecule has 0 aliphatic rings. The van der Waals surface area contributed by atoms with Crippen LogP contribution < -0.4 is 10.2 Å². The molecule has 2 amide bonds. The maximum absolute atomic E-state index is 12.1. The van der Waals surface area contributed by atoms with Crippen LogP contribution in [0.3, 0.4) is 0 Å². The number of amides is 2. The molecule has 2 aromatic carbocycles. The van der Waals surface area contributed by atoms with Crippen LogP contribution in [0.4, 0.5) is 11.4 Å². The summed E-state index contributed by atoms with van der Waals surface area (Å²) in [6.45, 7) is 3.73. The number of aryl methyl sites for hydroxylation is 1. The summed E-state index contributed by atoms with van der Waals surface area (Å²) in [4.78, 5) is 25.5. The highest BCUT2D eigenvalue weighted by atomic mass is 35.5. The Morgan fingerprint density at radius 1 is 1.09 bits per heavy atom. The van der Waals surface area contributed by atoms with Gasteiger partial charge in [0, 0.05) is 36.3 Å². The van der Waals surface area contributed by atoms with Crippen LogP contribution in [-0.4, -0.2) is 18.4 Å². The standard InChI is InChI=1S/C18H19ClN2O2/c1-13-5-3-4-6-17(13)20-18(23)11-12-21(14(2)22)16-9-7-15(19)8-10-16/h3-10H,11-12H2,1-2H3,(H,20,23). The van der Waals surface area contributed by atoms with E-state index >= 15 is 0 Å². The first-order valence-corrected chi connectivity index (χ1v) is 7.74. The van der Waals surface area contributed by atoms with Crippen LogP contribution in [0.2, 0.25) is 5.02 Å². The Morgan fingerprint density at radius 2 is 1.74 bits per heavy atom. The van der Waals surface area contributed by atoms with Gasteiger partial charge in [-0.1, -0.05) is 29.8 Å². The van der Waals surface area contributed by atoms with Crippen LogP contribution in [0.15, 0.2) is 48.5 Å². The molecule has 4 nitrogen and oxygen atoms in total. The first kappa shape index (κ1) is 17.0. The molecule has 0 spiro atoms. The average Bonchev–Trinajstić information content (AvgIpc) is 2.51. The molecule has 120 valence electrons. The predicted octanol–water partition coefficient (Wildman–Crippen LogP) is 4.03. The number of carbonyl (C=O) groups excluding carboxylic acids is 2. The third kappa shape index (κ3) is 4.83. The summed E-state index contributed by atoms with van der Waals surface area (Å²) in [6.07, 6.45) is 0.219. The summed E-state index contributed by atoms with van der Waals surface area (Å²) in [7, 11) is 0. The molecule has 0 heterocycles. The lowest BCUT2D eigenvalue weighted by Crippen LogP contribution is -2.31. The van der Waals surface area contributed by atoms with Gasteiger partial charge in [-0.3, -0.25) is 9.59 Å². The maximum Gasteiger partial charge on any atom is 0.226 e. The van der Waals surface area contributed by atoms with Crippen LogP contribution >= 0.6 is 11.6 Å². The molecule has 5 heteroatoms. The number of carbonyl (C=O) groups is 2. The first-order valence-electron chi connectivity index (χ1n) is 7.36. The zero-order valence-electron chi connectivity index (χ0n) is 13.2. The third-order valence-corrected chi connectivity index (χ3v) is 3.75. The van der Waals surface area contributed by atoms with Gasteiger partial charge in [-0.25, -0.2) is 0 Å². The topological polar surface area (TPSA) is 49.4 Å². The van der Waals surface area contributed by atoms with Crippen molar-refractivity contribution in [3.63, 3.8) is 0 Å². The highest BCUT2D eigenvalue weighted by Gasteiger charge is 2.13. The van der Waals surface area contributed by atoms with Crippen LogP contribution in [0, 0.1) is 6.92 Å². The summed E-state index contributed by atoms with van der Waals surface area (Å²) in [5.41, 5.74) is 2.52. The molecule has 0 fully saturated rings. The Hall–Kier alpha value is -2.33. The van der Waals surface area contributed by atoms with E-state index in [1.807, 2.05) is 31.2 Å². The molecule has 0 aliphatic carbocycles. The van der Waals surface area contributed by atoms with Crippen molar-refractivity contribution in [1.82, 2.24) is 0 Å². The highest BCUT2D eigenvalue weighted by Crippen LogP contribution is 2.19. The molecular weight excluding hydrogens is 312 g/mol. The summed E-state index contributed by atoms with van der Waals surface area (Å²) in [6, 6.07) is 14.6. The molecule has 0 radical (unpaired) electrons. The van der Waals surface area contributed by atoms with E-state index in [0.29, 0.717) is 11.6 Å². The van der Waals surface area contributed by atoms with Gasteiger partial charge in [-0.2, -0.15) is 0 Å². The molecule has 0 unspecified atom stereocenters. The Labute approximate surface area is 141 Å². The lowest BCUT2D eigenvalue weighted by atomic mass is 10.2. The number of hydrogen-bond donors (Lipinski definition) is 1. The van der Waals surface area contributed by atoms with Gasteiger partial charge in [-0.15, -0.1) is 0 Å². The lowest BCUT2D eigenvalue weighted by Gasteiger charge is -2.21. The van der Waals surface area contributed by atoms with Gasteiger partial charge in [-0.05, 0) is 42.8 Å². The minimum absolute atomic E-state index is 0.115.